The van der Waals surface area contributed by atoms with Gasteiger partial charge in [0.2, 0.25) is 0 Å². The molecule has 0 aromatic heterocycles. The average Bonchev–Trinajstić information content (AvgIpc) is 2.41. The number of ether oxygens (including phenoxy) is 1. The molecule has 0 amide bonds. The van der Waals surface area contributed by atoms with Gasteiger partial charge in [0.1, 0.15) is 5.82 Å². The van der Waals surface area contributed by atoms with E-state index in [1.807, 2.05) is 6.07 Å². The molecular weight excluding hydrogens is 231 g/mol. The highest BCUT2D eigenvalue weighted by Gasteiger charge is 2.19. The number of hydrogen-bond acceptors (Lipinski definition) is 3. The molecule has 2 rings (SSSR count). The minimum Gasteiger partial charge on any atom is -0.381 e. The maximum atomic E-state index is 13.1. The monoisotopic (exact) mass is 252 g/mol. The lowest BCUT2D eigenvalue weighted by atomic mass is 10.0. The van der Waals surface area contributed by atoms with Gasteiger partial charge in [-0.25, -0.2) is 4.39 Å². The lowest BCUT2D eigenvalue weighted by molar-refractivity contribution is 0.0406. The first kappa shape index (κ1) is 13.5. The Hall–Kier alpha value is -0.970. The summed E-state index contributed by atoms with van der Waals surface area (Å²) in [6.45, 7) is 2.87. The van der Waals surface area contributed by atoms with E-state index in [4.69, 9.17) is 10.5 Å². The normalized spacial score (nSPS) is 17.3. The van der Waals surface area contributed by atoms with Crippen LogP contribution in [-0.2, 0) is 17.8 Å². The minimum absolute atomic E-state index is 0.215. The zero-order valence-corrected chi connectivity index (χ0v) is 10.9. The molecule has 0 saturated carbocycles. The first-order chi connectivity index (χ1) is 8.70. The smallest absolute Gasteiger partial charge is 0.123 e. The molecule has 0 unspecified atom stereocenters. The van der Waals surface area contributed by atoms with Crippen molar-refractivity contribution in [3.05, 3.63) is 35.1 Å². The SMILES string of the molecule is CN(Cc1ccc(F)cc1CN)C1CCOCC1. The molecule has 1 aromatic rings. The fourth-order valence-corrected chi connectivity index (χ4v) is 2.46. The zero-order valence-electron chi connectivity index (χ0n) is 10.9. The largest absolute Gasteiger partial charge is 0.381 e. The molecule has 1 heterocycles. The molecule has 1 fully saturated rings. The van der Waals surface area contributed by atoms with E-state index >= 15 is 0 Å². The van der Waals surface area contributed by atoms with Crippen LogP contribution in [0.1, 0.15) is 24.0 Å². The predicted octanol–water partition coefficient (Wildman–Crippen LogP) is 1.90. The standard InChI is InChI=1S/C14H21FN2O/c1-17(14-4-6-18-7-5-14)10-11-2-3-13(15)8-12(11)9-16/h2-3,8,14H,4-7,9-10,16H2,1H3. The molecule has 100 valence electrons. The molecular formula is C14H21FN2O. The Kier molecular flexibility index (Phi) is 4.69. The Balaban J connectivity index is 2.03. The average molecular weight is 252 g/mol. The highest BCUT2D eigenvalue weighted by atomic mass is 19.1. The van der Waals surface area contributed by atoms with Gasteiger partial charge in [0, 0.05) is 32.3 Å². The van der Waals surface area contributed by atoms with Crippen molar-refractivity contribution >= 4 is 0 Å². The summed E-state index contributed by atoms with van der Waals surface area (Å²) in [5.41, 5.74) is 7.68. The summed E-state index contributed by atoms with van der Waals surface area (Å²) in [6.07, 6.45) is 2.13. The summed E-state index contributed by atoms with van der Waals surface area (Å²) in [5.74, 6) is -0.215. The fraction of sp³-hybridized carbons (Fsp3) is 0.571. The van der Waals surface area contributed by atoms with E-state index in [1.165, 1.54) is 12.1 Å². The van der Waals surface area contributed by atoms with Gasteiger partial charge in [-0.15, -0.1) is 0 Å². The maximum absolute atomic E-state index is 13.1. The van der Waals surface area contributed by atoms with Gasteiger partial charge in [-0.2, -0.15) is 0 Å². The Morgan fingerprint density at radius 1 is 1.33 bits per heavy atom. The molecule has 0 radical (unpaired) electrons. The van der Waals surface area contributed by atoms with Crippen LogP contribution in [0.3, 0.4) is 0 Å². The summed E-state index contributed by atoms with van der Waals surface area (Å²) in [6, 6.07) is 5.43. The molecule has 0 atom stereocenters. The topological polar surface area (TPSA) is 38.5 Å². The van der Waals surface area contributed by atoms with Crippen molar-refractivity contribution in [2.75, 3.05) is 20.3 Å². The third-order valence-corrected chi connectivity index (χ3v) is 3.62. The van der Waals surface area contributed by atoms with Crippen molar-refractivity contribution in [3.8, 4) is 0 Å². The quantitative estimate of drug-likeness (QED) is 0.889. The van der Waals surface area contributed by atoms with Crippen molar-refractivity contribution in [3.63, 3.8) is 0 Å². The number of nitrogens with zero attached hydrogens (tertiary/aromatic N) is 1. The van der Waals surface area contributed by atoms with Crippen molar-refractivity contribution in [1.29, 1.82) is 0 Å². The van der Waals surface area contributed by atoms with Crippen LogP contribution in [0.5, 0.6) is 0 Å². The van der Waals surface area contributed by atoms with Crippen molar-refractivity contribution < 1.29 is 9.13 Å². The molecule has 2 N–H and O–H groups in total. The van der Waals surface area contributed by atoms with Crippen molar-refractivity contribution in [1.82, 2.24) is 4.90 Å². The number of benzene rings is 1. The van der Waals surface area contributed by atoms with Crippen LogP contribution in [0.25, 0.3) is 0 Å². The van der Waals surface area contributed by atoms with Gasteiger partial charge >= 0.3 is 0 Å². The van der Waals surface area contributed by atoms with Gasteiger partial charge in [0.25, 0.3) is 0 Å². The molecule has 3 nitrogen and oxygen atoms in total. The van der Waals surface area contributed by atoms with E-state index in [0.717, 1.165) is 43.7 Å². The third-order valence-electron chi connectivity index (χ3n) is 3.62. The van der Waals surface area contributed by atoms with E-state index in [1.54, 1.807) is 0 Å². The summed E-state index contributed by atoms with van der Waals surface area (Å²) >= 11 is 0. The van der Waals surface area contributed by atoms with Crippen molar-refractivity contribution in [2.24, 2.45) is 5.73 Å². The van der Waals surface area contributed by atoms with Crippen LogP contribution in [0.4, 0.5) is 4.39 Å². The Bertz CT molecular complexity index is 391. The molecule has 4 heteroatoms. The highest BCUT2D eigenvalue weighted by molar-refractivity contribution is 5.27. The Labute approximate surface area is 108 Å². The van der Waals surface area contributed by atoms with E-state index in [9.17, 15) is 4.39 Å². The number of halogens is 1. The molecule has 1 aliphatic rings. The second kappa shape index (κ2) is 6.27. The molecule has 1 aromatic carbocycles. The van der Waals surface area contributed by atoms with E-state index < -0.39 is 0 Å². The van der Waals surface area contributed by atoms with Crippen molar-refractivity contribution in [2.45, 2.75) is 32.0 Å². The van der Waals surface area contributed by atoms with Crippen LogP contribution in [0.15, 0.2) is 18.2 Å². The van der Waals surface area contributed by atoms with Crippen LogP contribution < -0.4 is 5.73 Å². The number of nitrogens with two attached hydrogens (primary N) is 1. The second-order valence-electron chi connectivity index (χ2n) is 4.88. The number of hydrogen-bond donors (Lipinski definition) is 1. The summed E-state index contributed by atoms with van der Waals surface area (Å²) in [7, 11) is 2.11. The van der Waals surface area contributed by atoms with E-state index in [-0.39, 0.29) is 5.82 Å². The van der Waals surface area contributed by atoms with E-state index in [2.05, 4.69) is 11.9 Å². The molecule has 0 spiro atoms. The Morgan fingerprint density at radius 2 is 2.06 bits per heavy atom. The van der Waals surface area contributed by atoms with Gasteiger partial charge in [-0.3, -0.25) is 4.90 Å². The van der Waals surface area contributed by atoms with Crippen LogP contribution in [0.2, 0.25) is 0 Å². The van der Waals surface area contributed by atoms with E-state index in [0.29, 0.717) is 12.6 Å². The maximum Gasteiger partial charge on any atom is 0.123 e. The third kappa shape index (κ3) is 3.28. The molecule has 18 heavy (non-hydrogen) atoms. The molecule has 1 aliphatic heterocycles. The van der Waals surface area contributed by atoms with Crippen LogP contribution in [-0.4, -0.2) is 31.2 Å². The highest BCUT2D eigenvalue weighted by Crippen LogP contribution is 2.18. The molecule has 1 saturated heterocycles. The predicted molar refractivity (Wildman–Crippen MR) is 69.6 cm³/mol. The van der Waals surface area contributed by atoms with Crippen LogP contribution in [0, 0.1) is 5.82 Å². The Morgan fingerprint density at radius 3 is 2.72 bits per heavy atom. The van der Waals surface area contributed by atoms with Crippen LogP contribution >= 0.6 is 0 Å². The first-order valence-corrected chi connectivity index (χ1v) is 6.46. The minimum atomic E-state index is -0.215. The summed E-state index contributed by atoms with van der Waals surface area (Å²) in [5, 5.41) is 0. The lowest BCUT2D eigenvalue weighted by Crippen LogP contribution is -2.36. The molecule has 0 aliphatic carbocycles. The van der Waals surface area contributed by atoms with Gasteiger partial charge in [0.05, 0.1) is 0 Å². The van der Waals surface area contributed by atoms with Gasteiger partial charge in [0.15, 0.2) is 0 Å². The zero-order chi connectivity index (χ0) is 13.0. The van der Waals surface area contributed by atoms with Gasteiger partial charge < -0.3 is 10.5 Å². The number of rotatable bonds is 4. The van der Waals surface area contributed by atoms with Gasteiger partial charge in [-0.1, -0.05) is 6.07 Å². The molecule has 0 bridgehead atoms. The summed E-state index contributed by atoms with van der Waals surface area (Å²) in [4.78, 5) is 2.31. The van der Waals surface area contributed by atoms with Gasteiger partial charge in [-0.05, 0) is 43.1 Å². The second-order valence-corrected chi connectivity index (χ2v) is 4.88. The fourth-order valence-electron chi connectivity index (χ4n) is 2.46. The lowest BCUT2D eigenvalue weighted by Gasteiger charge is -2.31. The summed E-state index contributed by atoms with van der Waals surface area (Å²) < 4.78 is 18.5. The first-order valence-electron chi connectivity index (χ1n) is 6.46.